The number of rotatable bonds is 6. The average Bonchev–Trinajstić information content (AvgIpc) is 3.40. The fourth-order valence-electron chi connectivity index (χ4n) is 4.33. The summed E-state index contributed by atoms with van der Waals surface area (Å²) in [5, 5.41) is 9.76. The van der Waals surface area contributed by atoms with Crippen molar-refractivity contribution in [2.45, 2.75) is 143 Å². The van der Waals surface area contributed by atoms with Crippen LogP contribution in [0, 0.1) is 0 Å². The van der Waals surface area contributed by atoms with Crippen molar-refractivity contribution in [2.24, 2.45) is 0 Å². The molecule has 0 bridgehead atoms. The second-order valence-corrected chi connectivity index (χ2v) is 21.2. The van der Waals surface area contributed by atoms with Gasteiger partial charge in [0.25, 0.3) is 0 Å². The number of aromatic nitrogens is 4. The Bertz CT molecular complexity index is 1480. The number of hydrogen-bond acceptors (Lipinski definition) is 13. The van der Waals surface area contributed by atoms with Crippen LogP contribution in [0.5, 0.6) is 0 Å². The first-order chi connectivity index (χ1) is 21.6. The number of aliphatic hydroxyl groups excluding tert-OH is 1. The molecular formula is C31H50ClN5O10Si. The summed E-state index contributed by atoms with van der Waals surface area (Å²) >= 11 is 6.41. The molecule has 17 heteroatoms. The molecule has 1 N–H and O–H groups in total. The number of imidazole rings is 1. The van der Waals surface area contributed by atoms with Crippen LogP contribution in [0.25, 0.3) is 11.2 Å². The molecule has 0 aromatic carbocycles. The Balaban J connectivity index is 2.22. The van der Waals surface area contributed by atoms with Crippen LogP contribution in [0.15, 0.2) is 6.33 Å². The minimum absolute atomic E-state index is 0.0251. The van der Waals surface area contributed by atoms with Gasteiger partial charge in [-0.2, -0.15) is 14.9 Å². The van der Waals surface area contributed by atoms with E-state index in [0.29, 0.717) is 4.90 Å². The number of carbonyl (C=O) groups excluding carboxylic acids is 3. The summed E-state index contributed by atoms with van der Waals surface area (Å²) < 4.78 is 36.8. The largest absolute Gasteiger partial charge is 0.509 e. The van der Waals surface area contributed by atoms with Crippen LogP contribution in [0.1, 0.15) is 89.3 Å². The highest BCUT2D eigenvalue weighted by atomic mass is 35.5. The normalized spacial score (nSPS) is 20.8. The Kier molecular flexibility index (Phi) is 11.2. The Morgan fingerprint density at radius 1 is 0.896 bits per heavy atom. The van der Waals surface area contributed by atoms with Crippen molar-refractivity contribution < 1.29 is 47.6 Å². The molecule has 2 amide bonds. The van der Waals surface area contributed by atoms with Crippen LogP contribution >= 0.6 is 11.6 Å². The summed E-state index contributed by atoms with van der Waals surface area (Å²) in [5.74, 6) is -0.299. The molecule has 0 radical (unpaired) electrons. The highest BCUT2D eigenvalue weighted by molar-refractivity contribution is 6.74. The van der Waals surface area contributed by atoms with Crippen molar-refractivity contribution >= 4 is 55.2 Å². The van der Waals surface area contributed by atoms with Crippen molar-refractivity contribution in [3.63, 3.8) is 0 Å². The van der Waals surface area contributed by atoms with E-state index in [1.54, 1.807) is 62.3 Å². The van der Waals surface area contributed by atoms with Crippen LogP contribution in [0.4, 0.5) is 20.2 Å². The zero-order valence-electron chi connectivity index (χ0n) is 30.3. The van der Waals surface area contributed by atoms with Crippen LogP contribution < -0.4 is 4.90 Å². The molecule has 15 nitrogen and oxygen atoms in total. The monoisotopic (exact) mass is 715 g/mol. The number of carbonyl (C=O) groups is 3. The Labute approximate surface area is 287 Å². The van der Waals surface area contributed by atoms with Crippen LogP contribution in [-0.2, 0) is 28.1 Å². The van der Waals surface area contributed by atoms with Gasteiger partial charge in [0.15, 0.2) is 37.6 Å². The van der Waals surface area contributed by atoms with Crippen molar-refractivity contribution in [3.05, 3.63) is 11.6 Å². The summed E-state index contributed by atoms with van der Waals surface area (Å²) in [4.78, 5) is 53.4. The minimum Gasteiger partial charge on any atom is -0.443 e. The number of hydrogen-bond donors (Lipinski definition) is 1. The van der Waals surface area contributed by atoms with E-state index in [4.69, 9.17) is 39.7 Å². The molecular weight excluding hydrogens is 666 g/mol. The molecule has 1 saturated heterocycles. The lowest BCUT2D eigenvalue weighted by Gasteiger charge is -2.40. The fraction of sp³-hybridized carbons (Fsp3) is 0.742. The van der Waals surface area contributed by atoms with Gasteiger partial charge >= 0.3 is 18.3 Å². The third kappa shape index (κ3) is 9.55. The molecule has 3 rings (SSSR count). The SMILES string of the molecule is CC(C)(C)OC(=O)O[C@@H]1[C@@H](O[Si](C)(C)C(C)(C)C)[C@H](n2cnc3c(N(C(=O)OC(C)(C)C)C(=O)OC(C)(C)C)nc(Cl)nc32)O[C@@H]1CO. The van der Waals surface area contributed by atoms with Crippen LogP contribution in [0.2, 0.25) is 23.4 Å². The maximum atomic E-state index is 13.5. The topological polar surface area (TPSA) is 174 Å². The third-order valence-corrected chi connectivity index (χ3v) is 12.0. The number of aliphatic hydroxyl groups is 1. The highest BCUT2D eigenvalue weighted by Crippen LogP contribution is 2.43. The molecule has 3 heterocycles. The van der Waals surface area contributed by atoms with Crippen LogP contribution in [-0.4, -0.2) is 93.0 Å². The molecule has 2 aromatic rings. The average molecular weight is 716 g/mol. The summed E-state index contributed by atoms with van der Waals surface area (Å²) in [6, 6.07) is 0. The first-order valence-electron chi connectivity index (χ1n) is 15.6. The van der Waals surface area contributed by atoms with Crippen molar-refractivity contribution in [2.75, 3.05) is 11.5 Å². The Hall–Kier alpha value is -3.05. The van der Waals surface area contributed by atoms with E-state index < -0.39 is 74.6 Å². The van der Waals surface area contributed by atoms with E-state index in [0.717, 1.165) is 0 Å². The molecule has 0 spiro atoms. The molecule has 48 heavy (non-hydrogen) atoms. The van der Waals surface area contributed by atoms with E-state index in [9.17, 15) is 19.5 Å². The van der Waals surface area contributed by atoms with E-state index in [2.05, 4.69) is 15.0 Å². The maximum absolute atomic E-state index is 13.5. The molecule has 0 unspecified atom stereocenters. The Morgan fingerprint density at radius 2 is 1.42 bits per heavy atom. The number of imide groups is 1. The van der Waals surface area contributed by atoms with Crippen LogP contribution in [0.3, 0.4) is 0 Å². The van der Waals surface area contributed by atoms with Gasteiger partial charge in [0.2, 0.25) is 5.28 Å². The van der Waals surface area contributed by atoms with Gasteiger partial charge < -0.3 is 33.2 Å². The van der Waals surface area contributed by atoms with E-state index >= 15 is 0 Å². The lowest BCUT2D eigenvalue weighted by Crippen LogP contribution is -2.50. The summed E-state index contributed by atoms with van der Waals surface area (Å²) in [5.41, 5.74) is -2.80. The van der Waals surface area contributed by atoms with Gasteiger partial charge in [-0.05, 0) is 92.0 Å². The quantitative estimate of drug-likeness (QED) is 0.144. The van der Waals surface area contributed by atoms with Gasteiger partial charge in [-0.25, -0.2) is 19.4 Å². The summed E-state index contributed by atoms with van der Waals surface area (Å²) in [7, 11) is -2.61. The molecule has 1 aliphatic heterocycles. The van der Waals surface area contributed by atoms with E-state index in [1.165, 1.54) is 10.9 Å². The van der Waals surface area contributed by atoms with E-state index in [-0.39, 0.29) is 27.3 Å². The molecule has 4 atom stereocenters. The van der Waals surface area contributed by atoms with Gasteiger partial charge in [0.1, 0.15) is 29.0 Å². The molecule has 1 fully saturated rings. The number of nitrogens with zero attached hydrogens (tertiary/aromatic N) is 5. The Morgan fingerprint density at radius 3 is 1.88 bits per heavy atom. The predicted molar refractivity (Wildman–Crippen MR) is 179 cm³/mol. The molecule has 270 valence electrons. The smallest absolute Gasteiger partial charge is 0.443 e. The number of amides is 2. The highest BCUT2D eigenvalue weighted by Gasteiger charge is 2.53. The second kappa shape index (κ2) is 13.7. The predicted octanol–water partition coefficient (Wildman–Crippen LogP) is 6.76. The zero-order valence-corrected chi connectivity index (χ0v) is 32.1. The molecule has 2 aromatic heterocycles. The number of anilines is 1. The summed E-state index contributed by atoms with van der Waals surface area (Å²) in [6.07, 6.45) is -5.99. The fourth-order valence-corrected chi connectivity index (χ4v) is 5.77. The molecule has 0 aliphatic carbocycles. The van der Waals surface area contributed by atoms with Gasteiger partial charge in [0.05, 0.1) is 12.9 Å². The van der Waals surface area contributed by atoms with Crippen molar-refractivity contribution in [3.8, 4) is 0 Å². The van der Waals surface area contributed by atoms with Gasteiger partial charge in [0, 0.05) is 0 Å². The van der Waals surface area contributed by atoms with E-state index in [1.807, 2.05) is 33.9 Å². The van der Waals surface area contributed by atoms with Gasteiger partial charge in [-0.3, -0.25) is 4.57 Å². The van der Waals surface area contributed by atoms with Crippen molar-refractivity contribution in [1.82, 2.24) is 19.5 Å². The first-order valence-corrected chi connectivity index (χ1v) is 18.9. The maximum Gasteiger partial charge on any atom is 0.509 e. The van der Waals surface area contributed by atoms with Gasteiger partial charge in [-0.1, -0.05) is 20.8 Å². The number of halogens is 1. The molecule has 0 saturated carbocycles. The van der Waals surface area contributed by atoms with Crippen molar-refractivity contribution in [1.29, 1.82) is 0 Å². The van der Waals surface area contributed by atoms with Gasteiger partial charge in [-0.15, -0.1) is 0 Å². The first kappa shape index (κ1) is 39.4. The third-order valence-electron chi connectivity index (χ3n) is 7.34. The minimum atomic E-state index is -2.61. The number of fused-ring (bicyclic) bond motifs is 1. The second-order valence-electron chi connectivity index (χ2n) is 16.1. The number of ether oxygens (including phenoxy) is 5. The molecule has 1 aliphatic rings. The lowest BCUT2D eigenvalue weighted by atomic mass is 10.1. The lowest BCUT2D eigenvalue weighted by molar-refractivity contribution is -0.0690. The standard InChI is InChI=1S/C31H50ClN5O10Si/c1-28(2,3)44-25(39)37(26(40)45-29(4,5)6)22-18-21(34-24(32)35-22)36(16-33-18)23-20(47-48(13,14)31(10,11)12)19(17(15-38)42-23)43-27(41)46-30(7,8)9/h16-17,19-20,23,38H,15H2,1-14H3/t17-,19+,20-,23-/m1/s1. The zero-order chi connectivity index (χ0) is 36.8. The summed E-state index contributed by atoms with van der Waals surface area (Å²) in [6.45, 7) is 24.6.